The summed E-state index contributed by atoms with van der Waals surface area (Å²) in [7, 11) is 0. The summed E-state index contributed by atoms with van der Waals surface area (Å²) in [6.07, 6.45) is 2.82. The molecule has 0 aliphatic heterocycles. The predicted molar refractivity (Wildman–Crippen MR) is 94.9 cm³/mol. The summed E-state index contributed by atoms with van der Waals surface area (Å²) < 4.78 is 42.1. The number of amides is 1. The molecule has 2 aliphatic carbocycles. The largest absolute Gasteiger partial charge is 0.471 e. The molecule has 2 aromatic rings. The van der Waals surface area contributed by atoms with Gasteiger partial charge in [0.25, 0.3) is 0 Å². The van der Waals surface area contributed by atoms with E-state index in [0.717, 1.165) is 44.1 Å². The fourth-order valence-corrected chi connectivity index (χ4v) is 3.77. The lowest BCUT2D eigenvalue weighted by atomic mass is 9.88. The molecule has 2 fully saturated rings. The van der Waals surface area contributed by atoms with Crippen molar-refractivity contribution in [3.63, 3.8) is 0 Å². The van der Waals surface area contributed by atoms with Gasteiger partial charge in [-0.15, -0.1) is 0 Å². The van der Waals surface area contributed by atoms with E-state index in [4.69, 9.17) is 0 Å². The zero-order valence-corrected chi connectivity index (χ0v) is 15.4. The summed E-state index contributed by atoms with van der Waals surface area (Å²) in [5, 5.41) is 3.40. The van der Waals surface area contributed by atoms with Gasteiger partial charge in [-0.2, -0.15) is 18.2 Å². The van der Waals surface area contributed by atoms with E-state index in [1.807, 2.05) is 17.0 Å². The van der Waals surface area contributed by atoms with Crippen LogP contribution in [0, 0.1) is 5.92 Å². The van der Waals surface area contributed by atoms with E-state index in [1.165, 1.54) is 6.42 Å². The molecule has 2 aliphatic rings. The Morgan fingerprint density at radius 2 is 1.75 bits per heavy atom. The van der Waals surface area contributed by atoms with Gasteiger partial charge in [-0.05, 0) is 31.2 Å². The normalized spacial score (nSPS) is 18.2. The Balaban J connectivity index is 1.45. The number of alkyl halides is 3. The van der Waals surface area contributed by atoms with Crippen LogP contribution in [-0.4, -0.2) is 27.0 Å². The summed E-state index contributed by atoms with van der Waals surface area (Å²) in [5.41, 5.74) is 1.39. The summed E-state index contributed by atoms with van der Waals surface area (Å²) in [4.78, 5) is 18.3. The van der Waals surface area contributed by atoms with Crippen molar-refractivity contribution >= 4 is 5.91 Å². The van der Waals surface area contributed by atoms with Gasteiger partial charge < -0.3 is 9.42 Å². The molecule has 4 rings (SSSR count). The topological polar surface area (TPSA) is 59.2 Å². The van der Waals surface area contributed by atoms with Crippen molar-refractivity contribution in [2.75, 3.05) is 0 Å². The SMILES string of the molecule is O=C(C1CCCCC1)N(Cc1ccc(-c2noc(C(F)(F)F)n2)cc1)C1CC1. The number of rotatable bonds is 5. The Hall–Kier alpha value is -2.38. The molecular weight excluding hydrogens is 371 g/mol. The molecule has 0 saturated heterocycles. The lowest BCUT2D eigenvalue weighted by Gasteiger charge is -2.29. The molecule has 0 bridgehead atoms. The maximum atomic E-state index is 13.0. The molecule has 1 aromatic carbocycles. The fourth-order valence-electron chi connectivity index (χ4n) is 3.77. The lowest BCUT2D eigenvalue weighted by molar-refractivity contribution is -0.159. The molecule has 0 spiro atoms. The molecular formula is C20H22F3N3O2. The second-order valence-corrected chi connectivity index (χ2v) is 7.65. The molecule has 1 amide bonds. The first-order valence-electron chi connectivity index (χ1n) is 9.72. The predicted octanol–water partition coefficient (Wildman–Crippen LogP) is 4.83. The first-order chi connectivity index (χ1) is 13.4. The second-order valence-electron chi connectivity index (χ2n) is 7.65. The third-order valence-corrected chi connectivity index (χ3v) is 5.46. The van der Waals surface area contributed by atoms with E-state index >= 15 is 0 Å². The van der Waals surface area contributed by atoms with Crippen LogP contribution in [-0.2, 0) is 17.5 Å². The smallest absolute Gasteiger partial charge is 0.335 e. The van der Waals surface area contributed by atoms with Crippen LogP contribution >= 0.6 is 0 Å². The van der Waals surface area contributed by atoms with E-state index < -0.39 is 12.1 Å². The van der Waals surface area contributed by atoms with Gasteiger partial charge in [-0.1, -0.05) is 48.7 Å². The van der Waals surface area contributed by atoms with E-state index in [9.17, 15) is 18.0 Å². The third kappa shape index (κ3) is 4.20. The minimum absolute atomic E-state index is 0.101. The summed E-state index contributed by atoms with van der Waals surface area (Å²) in [6, 6.07) is 7.26. The number of halogens is 3. The summed E-state index contributed by atoms with van der Waals surface area (Å²) in [5.74, 6) is -1.08. The number of nitrogens with zero attached hydrogens (tertiary/aromatic N) is 3. The van der Waals surface area contributed by atoms with Crippen LogP contribution in [0.1, 0.15) is 56.4 Å². The Morgan fingerprint density at radius 3 is 2.32 bits per heavy atom. The number of benzene rings is 1. The Labute approximate surface area is 160 Å². The second kappa shape index (κ2) is 7.56. The molecule has 1 aromatic heterocycles. The van der Waals surface area contributed by atoms with Crippen molar-refractivity contribution in [3.8, 4) is 11.4 Å². The maximum Gasteiger partial charge on any atom is 0.471 e. The van der Waals surface area contributed by atoms with Crippen molar-refractivity contribution in [1.82, 2.24) is 15.0 Å². The van der Waals surface area contributed by atoms with Crippen molar-refractivity contribution in [2.45, 2.75) is 63.7 Å². The lowest BCUT2D eigenvalue weighted by Crippen LogP contribution is -2.38. The molecule has 1 heterocycles. The number of hydrogen-bond acceptors (Lipinski definition) is 4. The zero-order valence-electron chi connectivity index (χ0n) is 15.4. The van der Waals surface area contributed by atoms with E-state index in [-0.39, 0.29) is 17.6 Å². The highest BCUT2D eigenvalue weighted by atomic mass is 19.4. The van der Waals surface area contributed by atoms with E-state index in [0.29, 0.717) is 18.2 Å². The van der Waals surface area contributed by atoms with Gasteiger partial charge in [0.2, 0.25) is 11.7 Å². The number of carbonyl (C=O) groups excluding carboxylic acids is 1. The van der Waals surface area contributed by atoms with Crippen molar-refractivity contribution in [2.24, 2.45) is 5.92 Å². The van der Waals surface area contributed by atoms with Crippen LogP contribution in [0.4, 0.5) is 13.2 Å². The molecule has 0 radical (unpaired) electrons. The van der Waals surface area contributed by atoms with Crippen molar-refractivity contribution < 1.29 is 22.5 Å². The monoisotopic (exact) mass is 393 g/mol. The van der Waals surface area contributed by atoms with Crippen LogP contribution in [0.5, 0.6) is 0 Å². The first-order valence-corrected chi connectivity index (χ1v) is 9.72. The standard InChI is InChI=1S/C20H22F3N3O2/c21-20(22,23)19-24-17(25-28-19)14-8-6-13(7-9-14)12-26(16-10-11-16)18(27)15-4-2-1-3-5-15/h6-9,15-16H,1-5,10-12H2. The van der Waals surface area contributed by atoms with E-state index in [2.05, 4.69) is 14.7 Å². The highest BCUT2D eigenvalue weighted by Crippen LogP contribution is 2.34. The van der Waals surface area contributed by atoms with Gasteiger partial charge in [0.1, 0.15) is 0 Å². The van der Waals surface area contributed by atoms with Gasteiger partial charge in [-0.25, -0.2) is 0 Å². The number of aromatic nitrogens is 2. The molecule has 0 unspecified atom stereocenters. The Kier molecular flexibility index (Phi) is 5.12. The Bertz CT molecular complexity index is 822. The van der Waals surface area contributed by atoms with Crippen LogP contribution in [0.15, 0.2) is 28.8 Å². The molecule has 2 saturated carbocycles. The average Bonchev–Trinajstić information content (AvgIpc) is 3.40. The molecule has 28 heavy (non-hydrogen) atoms. The minimum Gasteiger partial charge on any atom is -0.335 e. The van der Waals surface area contributed by atoms with Gasteiger partial charge in [-0.3, -0.25) is 4.79 Å². The highest BCUT2D eigenvalue weighted by Gasteiger charge is 2.39. The van der Waals surface area contributed by atoms with Crippen LogP contribution < -0.4 is 0 Å². The quantitative estimate of drug-likeness (QED) is 0.730. The van der Waals surface area contributed by atoms with Gasteiger partial charge in [0.15, 0.2) is 0 Å². The molecule has 0 N–H and O–H groups in total. The number of hydrogen-bond donors (Lipinski definition) is 0. The molecule has 0 atom stereocenters. The van der Waals surface area contributed by atoms with Crippen LogP contribution in [0.25, 0.3) is 11.4 Å². The molecule has 8 heteroatoms. The van der Waals surface area contributed by atoms with Crippen molar-refractivity contribution in [3.05, 3.63) is 35.7 Å². The summed E-state index contributed by atoms with van der Waals surface area (Å²) in [6.45, 7) is 0.528. The molecule has 150 valence electrons. The average molecular weight is 393 g/mol. The van der Waals surface area contributed by atoms with E-state index in [1.54, 1.807) is 12.1 Å². The third-order valence-electron chi connectivity index (χ3n) is 5.46. The van der Waals surface area contributed by atoms with Gasteiger partial charge in [0, 0.05) is 24.1 Å². The Morgan fingerprint density at radius 1 is 1.07 bits per heavy atom. The van der Waals surface area contributed by atoms with Crippen LogP contribution in [0.3, 0.4) is 0 Å². The van der Waals surface area contributed by atoms with Gasteiger partial charge in [0.05, 0.1) is 0 Å². The molecule has 5 nitrogen and oxygen atoms in total. The zero-order chi connectivity index (χ0) is 19.7. The maximum absolute atomic E-state index is 13.0. The highest BCUT2D eigenvalue weighted by molar-refractivity contribution is 5.79. The minimum atomic E-state index is -4.66. The van der Waals surface area contributed by atoms with Crippen molar-refractivity contribution in [1.29, 1.82) is 0 Å². The first kappa shape index (κ1) is 19.0. The van der Waals surface area contributed by atoms with Crippen LogP contribution in [0.2, 0.25) is 0 Å². The fraction of sp³-hybridized carbons (Fsp3) is 0.550. The van der Waals surface area contributed by atoms with Gasteiger partial charge >= 0.3 is 12.1 Å². The summed E-state index contributed by atoms with van der Waals surface area (Å²) >= 11 is 0. The number of carbonyl (C=O) groups is 1.